The van der Waals surface area contributed by atoms with Crippen molar-refractivity contribution in [3.63, 3.8) is 0 Å². The topological polar surface area (TPSA) is 58.4 Å². The molecule has 0 aromatic heterocycles. The molecular weight excluding hydrogens is 274 g/mol. The lowest BCUT2D eigenvalue weighted by Gasteiger charge is -2.24. The van der Waals surface area contributed by atoms with Gasteiger partial charge in [0.25, 0.3) is 5.91 Å². The molecule has 0 saturated heterocycles. The maximum atomic E-state index is 12.3. The third-order valence-corrected chi connectivity index (χ3v) is 3.30. The van der Waals surface area contributed by atoms with Crippen molar-refractivity contribution >= 4 is 23.2 Å². The number of anilines is 1. The summed E-state index contributed by atoms with van der Waals surface area (Å²) in [5.74, 6) is 0.342. The molecule has 1 amide bonds. The zero-order chi connectivity index (χ0) is 15.3. The van der Waals surface area contributed by atoms with Crippen molar-refractivity contribution in [2.75, 3.05) is 26.4 Å². The van der Waals surface area contributed by atoms with Gasteiger partial charge in [0.05, 0.1) is 16.3 Å². The van der Waals surface area contributed by atoms with Gasteiger partial charge in [-0.1, -0.05) is 31.5 Å². The summed E-state index contributed by atoms with van der Waals surface area (Å²) in [4.78, 5) is 14.4. The number of hydrogen-bond acceptors (Lipinski definition) is 3. The highest BCUT2D eigenvalue weighted by Crippen LogP contribution is 2.22. The van der Waals surface area contributed by atoms with Crippen molar-refractivity contribution in [2.24, 2.45) is 5.92 Å². The van der Waals surface area contributed by atoms with E-state index in [1.807, 2.05) is 14.1 Å². The van der Waals surface area contributed by atoms with Crippen LogP contribution in [0.2, 0.25) is 5.02 Å². The molecule has 1 unspecified atom stereocenters. The van der Waals surface area contributed by atoms with E-state index in [1.54, 1.807) is 18.2 Å². The highest BCUT2D eigenvalue weighted by molar-refractivity contribution is 6.33. The third kappa shape index (κ3) is 5.02. The molecule has 4 nitrogen and oxygen atoms in total. The molecule has 0 radical (unpaired) electrons. The summed E-state index contributed by atoms with van der Waals surface area (Å²) in [6.07, 6.45) is 0.921. The number of benzene rings is 1. The number of halogens is 1. The van der Waals surface area contributed by atoms with Gasteiger partial charge in [0.15, 0.2) is 0 Å². The van der Waals surface area contributed by atoms with Gasteiger partial charge >= 0.3 is 0 Å². The lowest BCUT2D eigenvalue weighted by Crippen LogP contribution is -2.42. The molecule has 0 aliphatic carbocycles. The van der Waals surface area contributed by atoms with Crippen LogP contribution in [-0.2, 0) is 0 Å². The number of amides is 1. The number of hydrogen-bond donors (Lipinski definition) is 2. The van der Waals surface area contributed by atoms with Crippen LogP contribution >= 0.6 is 11.6 Å². The van der Waals surface area contributed by atoms with Gasteiger partial charge in [-0.15, -0.1) is 0 Å². The summed E-state index contributed by atoms with van der Waals surface area (Å²) in [6.45, 7) is 5.08. The van der Waals surface area contributed by atoms with Gasteiger partial charge in [-0.3, -0.25) is 4.79 Å². The Bertz CT molecular complexity index is 450. The van der Waals surface area contributed by atoms with Crippen LogP contribution < -0.4 is 11.1 Å². The Kier molecular flexibility index (Phi) is 6.30. The molecule has 1 aromatic rings. The second-order valence-electron chi connectivity index (χ2n) is 5.76. The molecule has 0 saturated carbocycles. The van der Waals surface area contributed by atoms with Gasteiger partial charge in [-0.2, -0.15) is 0 Å². The van der Waals surface area contributed by atoms with E-state index in [2.05, 4.69) is 24.1 Å². The van der Waals surface area contributed by atoms with Crippen LogP contribution in [0.4, 0.5) is 5.69 Å². The monoisotopic (exact) mass is 297 g/mol. The summed E-state index contributed by atoms with van der Waals surface area (Å²) >= 11 is 5.95. The van der Waals surface area contributed by atoms with Crippen LogP contribution in [0.1, 0.15) is 30.6 Å². The lowest BCUT2D eigenvalue weighted by molar-refractivity contribution is 0.0925. The van der Waals surface area contributed by atoms with Crippen molar-refractivity contribution in [1.29, 1.82) is 0 Å². The summed E-state index contributed by atoms with van der Waals surface area (Å²) in [6, 6.07) is 5.20. The van der Waals surface area contributed by atoms with Crippen LogP contribution in [0, 0.1) is 5.92 Å². The fraction of sp³-hybridized carbons (Fsp3) is 0.533. The second kappa shape index (κ2) is 7.50. The molecule has 3 N–H and O–H groups in total. The van der Waals surface area contributed by atoms with Crippen molar-refractivity contribution < 1.29 is 4.79 Å². The Morgan fingerprint density at radius 1 is 1.40 bits per heavy atom. The SMILES string of the molecule is CC(C)CC(CN(C)C)NC(=O)c1cccc(Cl)c1N. The number of likely N-dealkylation sites (N-methyl/N-ethyl adjacent to an activating group) is 1. The standard InChI is InChI=1S/C15H24ClN3O/c1-10(2)8-11(9-19(3)4)18-15(20)12-6-5-7-13(16)14(12)17/h5-7,10-11H,8-9,17H2,1-4H3,(H,18,20). The van der Waals surface area contributed by atoms with Crippen molar-refractivity contribution in [3.05, 3.63) is 28.8 Å². The molecule has 0 aliphatic rings. The average Bonchev–Trinajstić information content (AvgIpc) is 2.30. The number of nitrogens with two attached hydrogens (primary N) is 1. The lowest BCUT2D eigenvalue weighted by atomic mass is 10.0. The second-order valence-corrected chi connectivity index (χ2v) is 6.17. The minimum Gasteiger partial charge on any atom is -0.397 e. The zero-order valence-electron chi connectivity index (χ0n) is 12.6. The minimum atomic E-state index is -0.169. The Balaban J connectivity index is 2.81. The first-order valence-corrected chi connectivity index (χ1v) is 7.18. The molecule has 0 fully saturated rings. The van der Waals surface area contributed by atoms with Crippen LogP contribution in [-0.4, -0.2) is 37.5 Å². The van der Waals surface area contributed by atoms with Crippen LogP contribution in [0.15, 0.2) is 18.2 Å². The van der Waals surface area contributed by atoms with Gasteiger partial charge in [0, 0.05) is 12.6 Å². The molecule has 1 aromatic carbocycles. The molecule has 0 heterocycles. The fourth-order valence-electron chi connectivity index (χ4n) is 2.19. The number of carbonyl (C=O) groups excluding carboxylic acids is 1. The predicted molar refractivity (Wildman–Crippen MR) is 85.1 cm³/mol. The Hall–Kier alpha value is -1.26. The zero-order valence-corrected chi connectivity index (χ0v) is 13.4. The van der Waals surface area contributed by atoms with E-state index in [9.17, 15) is 4.79 Å². The van der Waals surface area contributed by atoms with E-state index in [0.29, 0.717) is 22.2 Å². The molecule has 20 heavy (non-hydrogen) atoms. The molecule has 112 valence electrons. The summed E-state index contributed by atoms with van der Waals surface area (Å²) in [5.41, 5.74) is 6.63. The number of nitrogens with one attached hydrogen (secondary N) is 1. The molecule has 1 atom stereocenters. The number of nitrogen functional groups attached to an aromatic ring is 1. The minimum absolute atomic E-state index is 0.0934. The van der Waals surface area contributed by atoms with E-state index in [-0.39, 0.29) is 11.9 Å². The molecule has 0 spiro atoms. The first-order chi connectivity index (χ1) is 9.31. The predicted octanol–water partition coefficient (Wildman–Crippen LogP) is 2.63. The van der Waals surface area contributed by atoms with Crippen LogP contribution in [0.3, 0.4) is 0 Å². The van der Waals surface area contributed by atoms with E-state index in [0.717, 1.165) is 13.0 Å². The normalized spacial score (nSPS) is 12.8. The van der Waals surface area contributed by atoms with E-state index < -0.39 is 0 Å². The van der Waals surface area contributed by atoms with Gasteiger partial charge in [0.2, 0.25) is 0 Å². The third-order valence-electron chi connectivity index (χ3n) is 2.97. The number of rotatable bonds is 6. The van der Waals surface area contributed by atoms with Crippen molar-refractivity contribution in [2.45, 2.75) is 26.3 Å². The van der Waals surface area contributed by atoms with Gasteiger partial charge in [-0.25, -0.2) is 0 Å². The van der Waals surface area contributed by atoms with Crippen LogP contribution in [0.25, 0.3) is 0 Å². The van der Waals surface area contributed by atoms with Gasteiger partial charge < -0.3 is 16.0 Å². The Morgan fingerprint density at radius 2 is 2.05 bits per heavy atom. The largest absolute Gasteiger partial charge is 0.397 e. The molecule has 1 rings (SSSR count). The average molecular weight is 298 g/mol. The van der Waals surface area contributed by atoms with Gasteiger partial charge in [0.1, 0.15) is 0 Å². The summed E-state index contributed by atoms with van der Waals surface area (Å²) in [7, 11) is 3.99. The van der Waals surface area contributed by atoms with Crippen molar-refractivity contribution in [3.8, 4) is 0 Å². The van der Waals surface area contributed by atoms with Crippen LogP contribution in [0.5, 0.6) is 0 Å². The quantitative estimate of drug-likeness (QED) is 0.794. The van der Waals surface area contributed by atoms with E-state index >= 15 is 0 Å². The van der Waals surface area contributed by atoms with E-state index in [1.165, 1.54) is 0 Å². The number of nitrogens with zero attached hydrogens (tertiary/aromatic N) is 1. The molecule has 0 bridgehead atoms. The maximum Gasteiger partial charge on any atom is 0.253 e. The van der Waals surface area contributed by atoms with Gasteiger partial charge in [-0.05, 0) is 38.6 Å². The highest BCUT2D eigenvalue weighted by Gasteiger charge is 2.18. The molecular formula is C15H24ClN3O. The number of carbonyl (C=O) groups is 1. The first kappa shape index (κ1) is 16.8. The van der Waals surface area contributed by atoms with Crippen molar-refractivity contribution in [1.82, 2.24) is 10.2 Å². The summed E-state index contributed by atoms with van der Waals surface area (Å²) in [5, 5.41) is 3.45. The molecule has 0 aliphatic heterocycles. The summed E-state index contributed by atoms with van der Waals surface area (Å²) < 4.78 is 0. The first-order valence-electron chi connectivity index (χ1n) is 6.80. The van der Waals surface area contributed by atoms with E-state index in [4.69, 9.17) is 17.3 Å². The fourth-order valence-corrected chi connectivity index (χ4v) is 2.36. The molecule has 5 heteroatoms. The smallest absolute Gasteiger partial charge is 0.253 e. The Morgan fingerprint density at radius 3 is 2.60 bits per heavy atom. The maximum absolute atomic E-state index is 12.3. The highest BCUT2D eigenvalue weighted by atomic mass is 35.5. The number of para-hydroxylation sites is 1. The Labute approximate surface area is 126 Å².